The average molecular weight is 229 g/mol. The second-order valence-electron chi connectivity index (χ2n) is 2.77. The first kappa shape index (κ1) is 11.7. The van der Waals surface area contributed by atoms with E-state index in [0.29, 0.717) is 0 Å². The van der Waals surface area contributed by atoms with Crippen molar-refractivity contribution < 1.29 is 13.6 Å². The first-order chi connectivity index (χ1) is 7.06. The fraction of sp³-hybridized carbons (Fsp3) is 0.182. The minimum atomic E-state index is -0.829. The number of Topliss-reactive ketones (excluding diaryl/α,β-unsaturated/α-hetero) is 1. The van der Waals surface area contributed by atoms with Gasteiger partial charge >= 0.3 is 0 Å². The lowest BCUT2D eigenvalue weighted by Gasteiger charge is -2.01. The summed E-state index contributed by atoms with van der Waals surface area (Å²) in [6.07, 6.45) is -0.130. The predicted octanol–water partition coefficient (Wildman–Crippen LogP) is 3.21. The lowest BCUT2D eigenvalue weighted by Crippen LogP contribution is -2.02. The van der Waals surface area contributed by atoms with Gasteiger partial charge in [0.1, 0.15) is 11.6 Å². The van der Waals surface area contributed by atoms with E-state index in [-0.39, 0.29) is 17.0 Å². The van der Waals surface area contributed by atoms with Crippen LogP contribution in [0.15, 0.2) is 12.1 Å². The zero-order chi connectivity index (χ0) is 11.4. The molecule has 1 aromatic rings. The number of hydrogen-bond donors (Lipinski definition) is 0. The monoisotopic (exact) mass is 228 g/mol. The number of benzene rings is 1. The molecule has 15 heavy (non-hydrogen) atoms. The molecule has 1 rings (SSSR count). The van der Waals surface area contributed by atoms with E-state index in [0.717, 1.165) is 12.1 Å². The molecule has 0 aromatic heterocycles. The SMILES string of the molecule is CC#CCC(=O)c1cc(F)c(Cl)cc1F. The van der Waals surface area contributed by atoms with Crippen molar-refractivity contribution in [3.05, 3.63) is 34.4 Å². The van der Waals surface area contributed by atoms with Crippen molar-refractivity contribution in [2.45, 2.75) is 13.3 Å². The van der Waals surface area contributed by atoms with Gasteiger partial charge in [-0.3, -0.25) is 4.79 Å². The van der Waals surface area contributed by atoms with Crippen molar-refractivity contribution in [3.63, 3.8) is 0 Å². The Morgan fingerprint density at radius 3 is 2.67 bits per heavy atom. The molecule has 0 fully saturated rings. The Bertz CT molecular complexity index is 458. The van der Waals surface area contributed by atoms with Crippen LogP contribution < -0.4 is 0 Å². The molecule has 78 valence electrons. The van der Waals surface area contributed by atoms with Crippen molar-refractivity contribution in [2.24, 2.45) is 0 Å². The highest BCUT2D eigenvalue weighted by Gasteiger charge is 2.14. The summed E-state index contributed by atoms with van der Waals surface area (Å²) in [5.41, 5.74) is -0.320. The third-order valence-corrected chi connectivity index (χ3v) is 2.03. The van der Waals surface area contributed by atoms with E-state index in [9.17, 15) is 13.6 Å². The lowest BCUT2D eigenvalue weighted by molar-refractivity contribution is 0.0994. The Morgan fingerprint density at radius 2 is 2.07 bits per heavy atom. The van der Waals surface area contributed by atoms with Gasteiger partial charge in [-0.2, -0.15) is 0 Å². The number of carbonyl (C=O) groups is 1. The van der Waals surface area contributed by atoms with Crippen LogP contribution >= 0.6 is 11.6 Å². The summed E-state index contributed by atoms with van der Waals surface area (Å²) in [7, 11) is 0. The molecule has 0 N–H and O–H groups in total. The second kappa shape index (κ2) is 4.90. The molecule has 4 heteroatoms. The van der Waals surface area contributed by atoms with Gasteiger partial charge in [0, 0.05) is 0 Å². The van der Waals surface area contributed by atoms with E-state index in [1.165, 1.54) is 0 Å². The topological polar surface area (TPSA) is 17.1 Å². The molecule has 0 aliphatic rings. The predicted molar refractivity (Wildman–Crippen MR) is 53.8 cm³/mol. The molecule has 0 heterocycles. The summed E-state index contributed by atoms with van der Waals surface area (Å²) in [4.78, 5) is 11.3. The molecule has 0 saturated heterocycles. The third-order valence-electron chi connectivity index (χ3n) is 1.74. The summed E-state index contributed by atoms with van der Waals surface area (Å²) in [6, 6.07) is 1.57. The van der Waals surface area contributed by atoms with Crippen LogP contribution in [0.4, 0.5) is 8.78 Å². The molecule has 0 bridgehead atoms. The molecular formula is C11H7ClF2O. The van der Waals surface area contributed by atoms with Gasteiger partial charge < -0.3 is 0 Å². The van der Waals surface area contributed by atoms with E-state index >= 15 is 0 Å². The Hall–Kier alpha value is -1.40. The van der Waals surface area contributed by atoms with Crippen LogP contribution in [0.5, 0.6) is 0 Å². The van der Waals surface area contributed by atoms with Gasteiger partial charge in [-0.05, 0) is 19.1 Å². The van der Waals surface area contributed by atoms with Crippen LogP contribution in [0.2, 0.25) is 5.02 Å². The largest absolute Gasteiger partial charge is 0.293 e. The van der Waals surface area contributed by atoms with Crippen LogP contribution in [-0.2, 0) is 0 Å². The van der Waals surface area contributed by atoms with Crippen molar-refractivity contribution in [1.29, 1.82) is 0 Å². The standard InChI is InChI=1S/C11H7ClF2O/c1-2-3-4-11(15)7-5-10(14)8(12)6-9(7)13/h5-6H,4H2,1H3. The highest BCUT2D eigenvalue weighted by atomic mass is 35.5. The fourth-order valence-corrected chi connectivity index (χ4v) is 1.15. The summed E-state index contributed by atoms with van der Waals surface area (Å²) in [5, 5.41) is -0.342. The summed E-state index contributed by atoms with van der Waals surface area (Å²) in [5.74, 6) is 2.79. The van der Waals surface area contributed by atoms with Crippen molar-refractivity contribution in [1.82, 2.24) is 0 Å². The van der Waals surface area contributed by atoms with Crippen molar-refractivity contribution in [2.75, 3.05) is 0 Å². The number of rotatable bonds is 2. The molecular weight excluding hydrogens is 222 g/mol. The van der Waals surface area contributed by atoms with Gasteiger partial charge in [0.2, 0.25) is 0 Å². The van der Waals surface area contributed by atoms with E-state index in [1.54, 1.807) is 6.92 Å². The minimum Gasteiger partial charge on any atom is -0.293 e. The maximum atomic E-state index is 13.2. The molecule has 1 nitrogen and oxygen atoms in total. The van der Waals surface area contributed by atoms with Crippen LogP contribution in [-0.4, -0.2) is 5.78 Å². The zero-order valence-electron chi connectivity index (χ0n) is 7.90. The highest BCUT2D eigenvalue weighted by Crippen LogP contribution is 2.20. The number of ketones is 1. The Morgan fingerprint density at radius 1 is 1.40 bits per heavy atom. The Balaban J connectivity index is 3.07. The van der Waals surface area contributed by atoms with E-state index in [1.807, 2.05) is 0 Å². The normalized spacial score (nSPS) is 9.33. The Kier molecular flexibility index (Phi) is 3.81. The smallest absolute Gasteiger partial charge is 0.177 e. The molecule has 0 unspecified atom stereocenters. The third kappa shape index (κ3) is 2.77. The second-order valence-corrected chi connectivity index (χ2v) is 3.18. The molecule has 0 aliphatic carbocycles. The summed E-state index contributed by atoms with van der Waals surface area (Å²) in [6.45, 7) is 1.56. The van der Waals surface area contributed by atoms with Gasteiger partial charge in [0.25, 0.3) is 0 Å². The maximum Gasteiger partial charge on any atom is 0.177 e. The maximum absolute atomic E-state index is 13.2. The van der Waals surface area contributed by atoms with Gasteiger partial charge in [-0.25, -0.2) is 8.78 Å². The van der Waals surface area contributed by atoms with E-state index < -0.39 is 17.4 Å². The van der Waals surface area contributed by atoms with Gasteiger partial charge in [0.05, 0.1) is 17.0 Å². The quantitative estimate of drug-likeness (QED) is 0.432. The summed E-state index contributed by atoms with van der Waals surface area (Å²) < 4.78 is 26.1. The van der Waals surface area contributed by atoms with Crippen LogP contribution in [0.25, 0.3) is 0 Å². The van der Waals surface area contributed by atoms with E-state index in [4.69, 9.17) is 11.6 Å². The van der Waals surface area contributed by atoms with Crippen molar-refractivity contribution in [3.8, 4) is 11.8 Å². The molecule has 0 atom stereocenters. The van der Waals surface area contributed by atoms with Crippen LogP contribution in [0, 0.1) is 23.5 Å². The van der Waals surface area contributed by atoms with Gasteiger partial charge in [-0.15, -0.1) is 5.92 Å². The molecule has 1 aromatic carbocycles. The van der Waals surface area contributed by atoms with Crippen LogP contribution in [0.3, 0.4) is 0 Å². The fourth-order valence-electron chi connectivity index (χ4n) is 1.00. The number of hydrogen-bond acceptors (Lipinski definition) is 1. The van der Waals surface area contributed by atoms with Crippen molar-refractivity contribution >= 4 is 17.4 Å². The number of halogens is 3. The first-order valence-corrected chi connectivity index (χ1v) is 4.51. The van der Waals surface area contributed by atoms with E-state index in [2.05, 4.69) is 11.8 Å². The molecule has 0 saturated carbocycles. The molecule has 0 spiro atoms. The molecule has 0 radical (unpaired) electrons. The summed E-state index contributed by atoms with van der Waals surface area (Å²) >= 11 is 5.34. The first-order valence-electron chi connectivity index (χ1n) is 4.13. The molecule has 0 aliphatic heterocycles. The highest BCUT2D eigenvalue weighted by molar-refractivity contribution is 6.30. The Labute approximate surface area is 91.1 Å². The minimum absolute atomic E-state index is 0.130. The lowest BCUT2D eigenvalue weighted by atomic mass is 10.1. The average Bonchev–Trinajstić information content (AvgIpc) is 2.20. The molecule has 0 amide bonds. The number of carbonyl (C=O) groups excluding carboxylic acids is 1. The van der Waals surface area contributed by atoms with Crippen LogP contribution in [0.1, 0.15) is 23.7 Å². The van der Waals surface area contributed by atoms with Gasteiger partial charge in [-0.1, -0.05) is 17.5 Å². The van der Waals surface area contributed by atoms with Gasteiger partial charge in [0.15, 0.2) is 5.78 Å². The zero-order valence-corrected chi connectivity index (χ0v) is 8.66.